The minimum atomic E-state index is -0.0764. The van der Waals surface area contributed by atoms with E-state index in [2.05, 4.69) is 0 Å². The van der Waals surface area contributed by atoms with Crippen LogP contribution in [0.2, 0.25) is 0 Å². The molecule has 0 saturated carbocycles. The fourth-order valence-electron chi connectivity index (χ4n) is 4.18. The van der Waals surface area contributed by atoms with Gasteiger partial charge in [0.15, 0.2) is 11.6 Å². The Bertz CT molecular complexity index is 1350. The van der Waals surface area contributed by atoms with Gasteiger partial charge >= 0.3 is 0 Å². The highest BCUT2D eigenvalue weighted by Gasteiger charge is 2.24. The van der Waals surface area contributed by atoms with Crippen LogP contribution in [0.1, 0.15) is 22.3 Å². The average molecular weight is 443 g/mol. The lowest BCUT2D eigenvalue weighted by molar-refractivity contribution is -0.110. The van der Waals surface area contributed by atoms with Crippen molar-refractivity contribution in [1.29, 1.82) is 0 Å². The number of aliphatic hydroxyl groups is 1. The second-order valence-corrected chi connectivity index (χ2v) is 8.20. The van der Waals surface area contributed by atoms with Gasteiger partial charge < -0.3 is 5.11 Å². The van der Waals surface area contributed by atoms with Gasteiger partial charge in [-0.25, -0.2) is 0 Å². The van der Waals surface area contributed by atoms with E-state index in [1.165, 1.54) is 0 Å². The normalized spacial score (nSPS) is 15.7. The number of allylic oxidation sites excluding steroid dienone is 10. The summed E-state index contributed by atoms with van der Waals surface area (Å²) in [6, 6.07) is 26.6. The van der Waals surface area contributed by atoms with Crippen molar-refractivity contribution < 1.29 is 14.7 Å². The number of benzene rings is 3. The first kappa shape index (κ1) is 21.5. The van der Waals surface area contributed by atoms with E-state index in [0.29, 0.717) is 16.7 Å². The van der Waals surface area contributed by atoms with E-state index in [9.17, 15) is 14.7 Å². The number of rotatable bonds is 4. The van der Waals surface area contributed by atoms with Crippen molar-refractivity contribution in [2.24, 2.45) is 0 Å². The van der Waals surface area contributed by atoms with E-state index >= 15 is 0 Å². The number of ketones is 2. The topological polar surface area (TPSA) is 54.4 Å². The summed E-state index contributed by atoms with van der Waals surface area (Å²) in [5.74, 6) is -0.103. The molecule has 164 valence electrons. The molecule has 0 atom stereocenters. The molecule has 3 nitrogen and oxygen atoms in total. The molecule has 0 aliphatic heterocycles. The molecule has 3 heteroatoms. The van der Waals surface area contributed by atoms with Gasteiger partial charge in [-0.1, -0.05) is 91.0 Å². The van der Waals surface area contributed by atoms with Crippen LogP contribution >= 0.6 is 0 Å². The fourth-order valence-corrected chi connectivity index (χ4v) is 4.18. The summed E-state index contributed by atoms with van der Waals surface area (Å²) in [4.78, 5) is 26.2. The van der Waals surface area contributed by atoms with Crippen LogP contribution in [0.15, 0.2) is 126 Å². The molecule has 3 aromatic rings. The average Bonchev–Trinajstić information content (AvgIpc) is 2.90. The summed E-state index contributed by atoms with van der Waals surface area (Å²) in [6.45, 7) is -0.0450. The van der Waals surface area contributed by atoms with Gasteiger partial charge in [0.05, 0.1) is 6.61 Å². The molecular formula is C31H22O3. The van der Waals surface area contributed by atoms with Gasteiger partial charge in [0.1, 0.15) is 0 Å². The molecule has 2 aliphatic rings. The number of Topliss-reactive ketones (excluding diaryl/α,β-unsaturated/α-hetero) is 1. The monoisotopic (exact) mass is 442 g/mol. The summed E-state index contributed by atoms with van der Waals surface area (Å²) in [6.07, 6.45) is 9.06. The smallest absolute Gasteiger partial charge is 0.194 e. The van der Waals surface area contributed by atoms with Gasteiger partial charge in [-0.2, -0.15) is 0 Å². The zero-order valence-electron chi connectivity index (χ0n) is 18.4. The van der Waals surface area contributed by atoms with Gasteiger partial charge in [0, 0.05) is 16.7 Å². The Kier molecular flexibility index (Phi) is 5.86. The van der Waals surface area contributed by atoms with Gasteiger partial charge in [-0.05, 0) is 57.7 Å². The molecule has 0 fully saturated rings. The Morgan fingerprint density at radius 1 is 0.529 bits per heavy atom. The molecule has 0 aromatic heterocycles. The maximum absolute atomic E-state index is 13.5. The van der Waals surface area contributed by atoms with Crippen LogP contribution in [0.3, 0.4) is 0 Å². The predicted molar refractivity (Wildman–Crippen MR) is 135 cm³/mol. The summed E-state index contributed by atoms with van der Waals surface area (Å²) in [5, 5.41) is 9.32. The van der Waals surface area contributed by atoms with E-state index in [0.717, 1.165) is 33.4 Å². The molecule has 2 aliphatic carbocycles. The summed E-state index contributed by atoms with van der Waals surface area (Å²) >= 11 is 0. The molecule has 3 aromatic carbocycles. The van der Waals surface area contributed by atoms with Crippen LogP contribution in [-0.4, -0.2) is 16.7 Å². The fraction of sp³-hybridized carbons (Fsp3) is 0.0323. The summed E-state index contributed by atoms with van der Waals surface area (Å²) < 4.78 is 0. The predicted octanol–water partition coefficient (Wildman–Crippen LogP) is 5.75. The van der Waals surface area contributed by atoms with Gasteiger partial charge in [0.2, 0.25) is 0 Å². The van der Waals surface area contributed by atoms with Crippen LogP contribution < -0.4 is 0 Å². The largest absolute Gasteiger partial charge is 0.392 e. The molecule has 0 heterocycles. The van der Waals surface area contributed by atoms with E-state index in [-0.39, 0.29) is 18.2 Å². The van der Waals surface area contributed by atoms with Gasteiger partial charge in [-0.3, -0.25) is 9.59 Å². The van der Waals surface area contributed by atoms with E-state index in [1.54, 1.807) is 12.2 Å². The van der Waals surface area contributed by atoms with Crippen molar-refractivity contribution in [2.75, 3.05) is 0 Å². The number of hydrogen-bond donors (Lipinski definition) is 1. The molecule has 0 radical (unpaired) electrons. The zero-order chi connectivity index (χ0) is 23.5. The first-order valence-electron chi connectivity index (χ1n) is 11.1. The van der Waals surface area contributed by atoms with E-state index < -0.39 is 0 Å². The van der Waals surface area contributed by atoms with Crippen molar-refractivity contribution in [3.63, 3.8) is 0 Å². The second kappa shape index (κ2) is 9.26. The first-order chi connectivity index (χ1) is 16.6. The van der Waals surface area contributed by atoms with Crippen molar-refractivity contribution in [1.82, 2.24) is 0 Å². The Hall–Kier alpha value is -4.34. The Morgan fingerprint density at radius 3 is 1.56 bits per heavy atom. The van der Waals surface area contributed by atoms with Crippen LogP contribution in [0, 0.1) is 0 Å². The number of carbonyl (C=O) groups is 2. The molecule has 34 heavy (non-hydrogen) atoms. The highest BCUT2D eigenvalue weighted by molar-refractivity contribution is 6.44. The Labute approximate surface area is 198 Å². The minimum Gasteiger partial charge on any atom is -0.392 e. The van der Waals surface area contributed by atoms with Crippen molar-refractivity contribution in [2.45, 2.75) is 6.61 Å². The summed E-state index contributed by atoms with van der Waals surface area (Å²) in [7, 11) is 0. The highest BCUT2D eigenvalue weighted by atomic mass is 16.3. The molecule has 1 N–H and O–H groups in total. The van der Waals surface area contributed by atoms with E-state index in [1.807, 2.05) is 103 Å². The van der Waals surface area contributed by atoms with Gasteiger partial charge in [-0.15, -0.1) is 0 Å². The number of hydrogen-bond acceptors (Lipinski definition) is 3. The van der Waals surface area contributed by atoms with Crippen molar-refractivity contribution >= 4 is 28.3 Å². The standard InChI is InChI=1S/C31H22O3/c32-20-21-11-13-24(14-12-21)27-17-25(15-16-30(27)33)26-18-28(22-7-3-1-4-8-22)31(34)29(19-26)23-9-5-2-6-10-23/h1-19,32H,20H2. The first-order valence-corrected chi connectivity index (χ1v) is 11.1. The maximum atomic E-state index is 13.5. The van der Waals surface area contributed by atoms with Crippen LogP contribution in [0.25, 0.3) is 16.7 Å². The third-order valence-electron chi connectivity index (χ3n) is 6.02. The van der Waals surface area contributed by atoms with E-state index in [4.69, 9.17) is 0 Å². The third kappa shape index (κ3) is 4.17. The lowest BCUT2D eigenvalue weighted by atomic mass is 9.83. The minimum absolute atomic E-state index is 0.0265. The lowest BCUT2D eigenvalue weighted by Crippen LogP contribution is -2.11. The van der Waals surface area contributed by atoms with Crippen molar-refractivity contribution in [3.05, 3.63) is 149 Å². The van der Waals surface area contributed by atoms with Crippen LogP contribution in [0.5, 0.6) is 0 Å². The van der Waals surface area contributed by atoms with Gasteiger partial charge in [0.25, 0.3) is 0 Å². The Morgan fingerprint density at radius 2 is 1.03 bits per heavy atom. The second-order valence-electron chi connectivity index (χ2n) is 8.20. The Balaban J connectivity index is 1.67. The number of carbonyl (C=O) groups excluding carboxylic acids is 2. The van der Waals surface area contributed by atoms with Crippen LogP contribution in [0.4, 0.5) is 0 Å². The summed E-state index contributed by atoms with van der Waals surface area (Å²) in [5.41, 5.74) is 6.83. The third-order valence-corrected chi connectivity index (χ3v) is 6.02. The lowest BCUT2D eigenvalue weighted by Gasteiger charge is -2.19. The quantitative estimate of drug-likeness (QED) is 0.560. The molecular weight excluding hydrogens is 420 g/mol. The number of aliphatic hydroxyl groups excluding tert-OH is 1. The zero-order valence-corrected chi connectivity index (χ0v) is 18.4. The van der Waals surface area contributed by atoms with Crippen molar-refractivity contribution in [3.8, 4) is 0 Å². The molecule has 0 saturated heterocycles. The maximum Gasteiger partial charge on any atom is 0.194 e. The van der Waals surface area contributed by atoms with Crippen LogP contribution in [-0.2, 0) is 16.2 Å². The SMILES string of the molecule is O=C1C=CC(=C2C=C(c3ccccc3)C(=O)C(c3ccccc3)=C2)C=C1c1ccc(CO)cc1. The molecule has 0 spiro atoms. The molecule has 0 bridgehead atoms. The molecule has 0 unspecified atom stereocenters. The molecule has 0 amide bonds. The molecule has 5 rings (SSSR count). The highest BCUT2D eigenvalue weighted by Crippen LogP contribution is 2.35.